The molecule has 0 spiro atoms. The number of rotatable bonds is 4. The van der Waals surface area contributed by atoms with Gasteiger partial charge in [-0.15, -0.1) is 0 Å². The summed E-state index contributed by atoms with van der Waals surface area (Å²) in [5, 5.41) is 4.03. The molecule has 5 rings (SSSR count). The van der Waals surface area contributed by atoms with Gasteiger partial charge in [0, 0.05) is 38.2 Å². The number of piperazine rings is 1. The van der Waals surface area contributed by atoms with Crippen LogP contribution in [0.5, 0.6) is 0 Å². The van der Waals surface area contributed by atoms with E-state index in [1.807, 2.05) is 36.0 Å². The highest BCUT2D eigenvalue weighted by Crippen LogP contribution is 2.29. The summed E-state index contributed by atoms with van der Waals surface area (Å²) < 4.78 is 7.27. The van der Waals surface area contributed by atoms with Crippen LogP contribution in [0.1, 0.15) is 0 Å². The molecule has 0 bridgehead atoms. The number of anilines is 3. The van der Waals surface area contributed by atoms with Gasteiger partial charge in [-0.2, -0.15) is 0 Å². The van der Waals surface area contributed by atoms with Gasteiger partial charge in [-0.25, -0.2) is 9.97 Å². The number of pyridine rings is 1. The van der Waals surface area contributed by atoms with Crippen LogP contribution in [0.3, 0.4) is 0 Å². The lowest BCUT2D eigenvalue weighted by Gasteiger charge is -2.43. The van der Waals surface area contributed by atoms with Crippen molar-refractivity contribution in [3.05, 3.63) is 41.8 Å². The van der Waals surface area contributed by atoms with Gasteiger partial charge in [0.2, 0.25) is 0 Å². The van der Waals surface area contributed by atoms with Crippen molar-refractivity contribution < 1.29 is 4.74 Å². The third-order valence-electron chi connectivity index (χ3n) is 5.62. The van der Waals surface area contributed by atoms with Crippen molar-refractivity contribution >= 4 is 39.8 Å². The van der Waals surface area contributed by atoms with Gasteiger partial charge < -0.3 is 19.5 Å². The number of aromatic nitrogens is 3. The Morgan fingerprint density at radius 2 is 1.93 bits per heavy atom. The van der Waals surface area contributed by atoms with Gasteiger partial charge >= 0.3 is 0 Å². The van der Waals surface area contributed by atoms with E-state index in [1.165, 1.54) is 0 Å². The van der Waals surface area contributed by atoms with Crippen LogP contribution in [0.25, 0.3) is 11.0 Å². The molecule has 2 aliphatic rings. The average Bonchev–Trinajstić information content (AvgIpc) is 3.03. The number of benzene rings is 1. The van der Waals surface area contributed by atoms with Gasteiger partial charge in [0.15, 0.2) is 0 Å². The Bertz CT molecular complexity index is 976. The van der Waals surface area contributed by atoms with E-state index in [1.54, 1.807) is 6.33 Å². The fourth-order valence-electron chi connectivity index (χ4n) is 3.86. The van der Waals surface area contributed by atoms with Gasteiger partial charge in [0.1, 0.15) is 11.3 Å². The molecule has 2 saturated heterocycles. The summed E-state index contributed by atoms with van der Waals surface area (Å²) in [6.45, 7) is 5.97. The average molecular weight is 399 g/mol. The Labute approximate surface area is 168 Å². The van der Waals surface area contributed by atoms with E-state index in [9.17, 15) is 0 Å². The number of fused-ring (bicyclic) bond motifs is 1. The van der Waals surface area contributed by atoms with Crippen LogP contribution in [0.15, 0.2) is 36.8 Å². The summed E-state index contributed by atoms with van der Waals surface area (Å²) in [7, 11) is 1.96. The number of hydrogen-bond donors (Lipinski definition) is 1. The summed E-state index contributed by atoms with van der Waals surface area (Å²) in [6.07, 6.45) is 3.72. The molecular formula is C20H23ClN6O. The normalized spacial score (nSPS) is 18.4. The molecule has 7 nitrogen and oxygen atoms in total. The first kappa shape index (κ1) is 17.7. The third kappa shape index (κ3) is 3.30. The predicted molar refractivity (Wildman–Crippen MR) is 112 cm³/mol. The lowest BCUT2D eigenvalue weighted by Crippen LogP contribution is -2.56. The molecule has 146 valence electrons. The monoisotopic (exact) mass is 398 g/mol. The lowest BCUT2D eigenvalue weighted by atomic mass is 10.2. The van der Waals surface area contributed by atoms with E-state index in [0.717, 1.165) is 67.6 Å². The minimum Gasteiger partial charge on any atom is -0.378 e. The number of aryl methyl sites for hydroxylation is 1. The molecule has 0 unspecified atom stereocenters. The summed E-state index contributed by atoms with van der Waals surface area (Å²) in [5.74, 6) is 0.781. The zero-order valence-corrected chi connectivity index (χ0v) is 16.6. The molecule has 3 aromatic rings. The van der Waals surface area contributed by atoms with Crippen molar-refractivity contribution in [1.29, 1.82) is 0 Å². The van der Waals surface area contributed by atoms with E-state index in [4.69, 9.17) is 16.3 Å². The van der Waals surface area contributed by atoms with Gasteiger partial charge in [-0.1, -0.05) is 11.6 Å². The lowest BCUT2D eigenvalue weighted by molar-refractivity contribution is -0.0660. The number of imidazole rings is 1. The molecule has 0 amide bonds. The SMILES string of the molecule is Cn1cnc2c(Nc3ccc(N4CCN(C5COC5)CC4)cn3)cc(Cl)cc21. The summed E-state index contributed by atoms with van der Waals surface area (Å²) in [4.78, 5) is 14.0. The summed E-state index contributed by atoms with van der Waals surface area (Å²) in [6, 6.07) is 8.55. The second-order valence-electron chi connectivity index (χ2n) is 7.42. The van der Waals surface area contributed by atoms with Crippen LogP contribution in [0.4, 0.5) is 17.2 Å². The van der Waals surface area contributed by atoms with Crippen LogP contribution >= 0.6 is 11.6 Å². The van der Waals surface area contributed by atoms with Crippen LogP contribution in [0.2, 0.25) is 5.02 Å². The molecule has 28 heavy (non-hydrogen) atoms. The van der Waals surface area contributed by atoms with E-state index in [0.29, 0.717) is 11.1 Å². The molecule has 2 aliphatic heterocycles. The Morgan fingerprint density at radius 3 is 2.61 bits per heavy atom. The van der Waals surface area contributed by atoms with Crippen LogP contribution in [-0.2, 0) is 11.8 Å². The Hall–Kier alpha value is -2.35. The van der Waals surface area contributed by atoms with E-state index >= 15 is 0 Å². The fraction of sp³-hybridized carbons (Fsp3) is 0.400. The minimum absolute atomic E-state index is 0.618. The number of nitrogens with zero attached hydrogens (tertiary/aromatic N) is 5. The maximum absolute atomic E-state index is 6.27. The number of halogens is 1. The number of hydrogen-bond acceptors (Lipinski definition) is 6. The summed E-state index contributed by atoms with van der Waals surface area (Å²) >= 11 is 6.27. The zero-order valence-electron chi connectivity index (χ0n) is 15.8. The van der Waals surface area contributed by atoms with Crippen LogP contribution in [-0.4, -0.2) is 64.9 Å². The van der Waals surface area contributed by atoms with E-state index < -0.39 is 0 Å². The molecule has 4 heterocycles. The van der Waals surface area contributed by atoms with Crippen LogP contribution < -0.4 is 10.2 Å². The Kier molecular flexibility index (Phi) is 4.58. The molecule has 0 radical (unpaired) electrons. The van der Waals surface area contributed by atoms with Crippen LogP contribution in [0, 0.1) is 0 Å². The van der Waals surface area contributed by atoms with Crippen molar-refractivity contribution in [2.24, 2.45) is 7.05 Å². The molecule has 0 saturated carbocycles. The molecule has 2 aromatic heterocycles. The van der Waals surface area contributed by atoms with Gasteiger partial charge in [0.25, 0.3) is 0 Å². The van der Waals surface area contributed by atoms with Gasteiger partial charge in [0.05, 0.1) is 48.7 Å². The molecule has 1 aromatic carbocycles. The molecule has 0 atom stereocenters. The second kappa shape index (κ2) is 7.24. The molecule has 0 aliphatic carbocycles. The van der Waals surface area contributed by atoms with E-state index in [2.05, 4.69) is 31.2 Å². The standard InChI is InChI=1S/C20H23ClN6O/c1-25-13-23-20-17(8-14(21)9-18(20)25)24-19-3-2-15(10-22-19)26-4-6-27(7-5-26)16-11-28-12-16/h2-3,8-10,13,16H,4-7,11-12H2,1H3,(H,22,24). The highest BCUT2D eigenvalue weighted by molar-refractivity contribution is 6.31. The Balaban J connectivity index is 1.28. The first-order valence-corrected chi connectivity index (χ1v) is 9.95. The van der Waals surface area contributed by atoms with Crippen molar-refractivity contribution in [1.82, 2.24) is 19.4 Å². The van der Waals surface area contributed by atoms with Crippen molar-refractivity contribution in [3.8, 4) is 0 Å². The smallest absolute Gasteiger partial charge is 0.130 e. The van der Waals surface area contributed by atoms with Crippen molar-refractivity contribution in [3.63, 3.8) is 0 Å². The third-order valence-corrected chi connectivity index (χ3v) is 5.84. The fourth-order valence-corrected chi connectivity index (χ4v) is 4.07. The van der Waals surface area contributed by atoms with Gasteiger partial charge in [-0.3, -0.25) is 4.90 Å². The largest absolute Gasteiger partial charge is 0.378 e. The zero-order chi connectivity index (χ0) is 19.1. The molecular weight excluding hydrogens is 376 g/mol. The van der Waals surface area contributed by atoms with E-state index in [-0.39, 0.29) is 0 Å². The maximum Gasteiger partial charge on any atom is 0.130 e. The summed E-state index contributed by atoms with van der Waals surface area (Å²) in [5.41, 5.74) is 3.89. The quantitative estimate of drug-likeness (QED) is 0.729. The maximum atomic E-state index is 6.27. The topological polar surface area (TPSA) is 58.5 Å². The first-order valence-electron chi connectivity index (χ1n) is 9.58. The highest BCUT2D eigenvalue weighted by Gasteiger charge is 2.28. The molecule has 8 heteroatoms. The number of nitrogens with one attached hydrogen (secondary N) is 1. The molecule has 2 fully saturated rings. The van der Waals surface area contributed by atoms with Crippen molar-refractivity contribution in [2.45, 2.75) is 6.04 Å². The highest BCUT2D eigenvalue weighted by atomic mass is 35.5. The van der Waals surface area contributed by atoms with Gasteiger partial charge in [-0.05, 0) is 24.3 Å². The second-order valence-corrected chi connectivity index (χ2v) is 7.85. The van der Waals surface area contributed by atoms with Crippen molar-refractivity contribution in [2.75, 3.05) is 49.6 Å². The first-order chi connectivity index (χ1) is 13.7. The predicted octanol–water partition coefficient (Wildman–Crippen LogP) is 2.89. The minimum atomic E-state index is 0.618. The molecule has 1 N–H and O–H groups in total. The number of ether oxygens (including phenoxy) is 1. The Morgan fingerprint density at radius 1 is 1.11 bits per heavy atom.